The van der Waals surface area contributed by atoms with E-state index in [9.17, 15) is 0 Å². The zero-order valence-corrected chi connectivity index (χ0v) is 82.1. The second-order valence-corrected chi connectivity index (χ2v) is 37.0. The van der Waals surface area contributed by atoms with E-state index in [0.29, 0.717) is 0 Å². The summed E-state index contributed by atoms with van der Waals surface area (Å²) in [5.41, 5.74) is 47.3. The lowest BCUT2D eigenvalue weighted by Crippen LogP contribution is -1.94. The second kappa shape index (κ2) is 40.0. The standard InChI is InChI=1S/2C46H35N3.C45H33N3/c1-5-32-29-43(42-17-11-10-16-41(42)39(32)6-2)38-27-36(26-37(28-38)40-24-19-30(3)47-31(40)4)33-20-22-34(23-21-33)45-46(35-14-8-7-9-15-35)49-25-13-12-18-44(49)48-45;1-5-32-29-43(42-17-11-10-16-41(42)40(32)6-2)39-27-37(26-38(28-39)36-24-30(3)47-31(4)25-36)33-19-21-34(22-20-33)45-46(35-14-8-7-9-15-35)49-23-13-12-18-44(49)48-45;1-4-31-29-41(40-18-10-9-17-39(40)38(31)5-2)36-26-35(27-37(28-36)42-19-13-14-30(3)46-42)32-21-23-33(24-22-32)44-45(34-15-7-6-8-16-34)48-25-12-11-20-43(48)47-44/h2*5-29H,1-2H2,3-4H3;4-29H,1-2H2,3H3. The van der Waals surface area contributed by atoms with Gasteiger partial charge < -0.3 is 0 Å². The highest BCUT2D eigenvalue weighted by molar-refractivity contribution is 6.08. The van der Waals surface area contributed by atoms with E-state index in [-0.39, 0.29) is 0 Å². The molecule has 0 aliphatic carbocycles. The first-order valence-electron chi connectivity index (χ1n) is 49.3. The highest BCUT2D eigenvalue weighted by Crippen LogP contribution is 2.47. The summed E-state index contributed by atoms with van der Waals surface area (Å²) in [4.78, 5) is 29.6. The van der Waals surface area contributed by atoms with Gasteiger partial charge in [-0.25, -0.2) is 15.0 Å². The minimum Gasteiger partial charge on any atom is -0.299 e. The van der Waals surface area contributed by atoms with Gasteiger partial charge in [0, 0.05) is 91.6 Å². The maximum atomic E-state index is 5.09. The molecule has 0 aliphatic rings. The molecule has 0 saturated heterocycles. The molecule has 0 unspecified atom stereocenters. The predicted molar refractivity (Wildman–Crippen MR) is 617 cm³/mol. The van der Waals surface area contributed by atoms with Crippen LogP contribution in [-0.4, -0.2) is 43.1 Å². The third kappa shape index (κ3) is 17.9. The topological polar surface area (TPSA) is 90.6 Å². The highest BCUT2D eigenvalue weighted by atomic mass is 15.0. The molecular formula is C137H103N9. The van der Waals surface area contributed by atoms with Crippen LogP contribution in [0.25, 0.3) is 254 Å². The van der Waals surface area contributed by atoms with Gasteiger partial charge in [-0.15, -0.1) is 0 Å². The van der Waals surface area contributed by atoms with Crippen molar-refractivity contribution in [3.05, 3.63) is 526 Å². The van der Waals surface area contributed by atoms with Crippen LogP contribution in [0.2, 0.25) is 0 Å². The summed E-state index contributed by atoms with van der Waals surface area (Å²) in [6.07, 6.45) is 17.8. The summed E-state index contributed by atoms with van der Waals surface area (Å²) in [5, 5.41) is 7.03. The van der Waals surface area contributed by atoms with Crippen molar-refractivity contribution in [2.75, 3.05) is 0 Å². The van der Waals surface area contributed by atoms with Gasteiger partial charge in [0.05, 0.1) is 39.9 Å². The number of rotatable bonds is 21. The Hall–Kier alpha value is -19.0. The van der Waals surface area contributed by atoms with Crippen LogP contribution in [0.4, 0.5) is 0 Å². The Kier molecular flexibility index (Phi) is 25.2. The van der Waals surface area contributed by atoms with Crippen molar-refractivity contribution < 1.29 is 0 Å². The summed E-state index contributed by atoms with van der Waals surface area (Å²) < 4.78 is 6.51. The fraction of sp³-hybridized carbons (Fsp3) is 0.0365. The van der Waals surface area contributed by atoms with Crippen molar-refractivity contribution >= 4 is 85.7 Å². The molecule has 9 heteroatoms. The molecule has 0 radical (unpaired) electrons. The van der Waals surface area contributed by atoms with E-state index in [2.05, 4.69) is 455 Å². The molecule has 24 aromatic rings. The van der Waals surface area contributed by atoms with Gasteiger partial charge in [-0.05, 0) is 323 Å². The van der Waals surface area contributed by atoms with Crippen LogP contribution in [0, 0.1) is 34.6 Å². The zero-order valence-electron chi connectivity index (χ0n) is 82.1. The van der Waals surface area contributed by atoms with E-state index in [1.165, 1.54) is 21.5 Å². The first-order chi connectivity index (χ1) is 71.6. The number of aromatic nitrogens is 9. The van der Waals surface area contributed by atoms with E-state index in [4.69, 9.17) is 24.9 Å². The third-order valence-electron chi connectivity index (χ3n) is 27.7. The largest absolute Gasteiger partial charge is 0.299 e. The number of fused-ring (bicyclic) bond motifs is 6. The van der Waals surface area contributed by atoms with Crippen LogP contribution in [0.3, 0.4) is 0 Å². The van der Waals surface area contributed by atoms with Crippen LogP contribution >= 0.6 is 0 Å². The molecule has 9 nitrogen and oxygen atoms in total. The van der Waals surface area contributed by atoms with Gasteiger partial charge in [-0.1, -0.05) is 343 Å². The SMILES string of the molecule is C=Cc1cc(-c2cc(-c3ccc(-c4nc5ccccn5c4-c4ccccc4)cc3)cc(-c3cc(C)nc(C)c3)c2)c2ccccc2c1C=C.C=Cc1cc(-c2cc(-c3ccc(-c4nc5ccccn5c4-c4ccccc4)cc3)cc(-c3ccc(C)nc3C)c2)c2ccccc2c1C=C.C=Cc1cc(-c2cc(-c3ccc(-c4nc5ccccn5c4-c4ccccc4)cc3)cc(-c3cccc(C)n3)c2)c2ccccc2c1C=C. The molecular weight excluding hydrogens is 1770 g/mol. The fourth-order valence-electron chi connectivity index (χ4n) is 20.8. The van der Waals surface area contributed by atoms with Crippen LogP contribution in [0.1, 0.15) is 61.9 Å². The number of pyridine rings is 6. The molecule has 146 heavy (non-hydrogen) atoms. The molecule has 24 rings (SSSR count). The van der Waals surface area contributed by atoms with Crippen LogP contribution < -0.4 is 0 Å². The van der Waals surface area contributed by atoms with Crippen LogP contribution in [0.15, 0.2) is 465 Å². The molecule has 9 aromatic heterocycles. The molecule has 0 amide bonds. The van der Waals surface area contributed by atoms with Crippen LogP contribution in [-0.2, 0) is 0 Å². The Balaban J connectivity index is 0.000000125. The molecule has 0 fully saturated rings. The minimum atomic E-state index is 0.923. The monoisotopic (exact) mass is 1870 g/mol. The number of nitrogens with zero attached hydrogens (tertiary/aromatic N) is 9. The van der Waals surface area contributed by atoms with E-state index in [1.807, 2.05) is 98.8 Å². The summed E-state index contributed by atoms with van der Waals surface area (Å²) in [6.45, 7) is 35.0. The van der Waals surface area contributed by atoms with Crippen LogP contribution in [0.5, 0.6) is 0 Å². The lowest BCUT2D eigenvalue weighted by Gasteiger charge is -2.17. The van der Waals surface area contributed by atoms with Crippen molar-refractivity contribution in [2.45, 2.75) is 34.6 Å². The second-order valence-electron chi connectivity index (χ2n) is 37.0. The smallest absolute Gasteiger partial charge is 0.137 e. The van der Waals surface area contributed by atoms with Crippen molar-refractivity contribution in [3.63, 3.8) is 0 Å². The Morgan fingerprint density at radius 3 is 0.815 bits per heavy atom. The quantitative estimate of drug-likeness (QED) is 0.0712. The summed E-state index contributed by atoms with van der Waals surface area (Å²) in [6, 6.07) is 144. The Morgan fingerprint density at radius 1 is 0.185 bits per heavy atom. The summed E-state index contributed by atoms with van der Waals surface area (Å²) in [5.74, 6) is 0. The molecule has 0 spiro atoms. The third-order valence-corrected chi connectivity index (χ3v) is 27.7. The van der Waals surface area contributed by atoms with Gasteiger partial charge >= 0.3 is 0 Å². The first-order valence-corrected chi connectivity index (χ1v) is 49.3. The molecule has 15 aromatic carbocycles. The van der Waals surface area contributed by atoms with Gasteiger partial charge in [-0.3, -0.25) is 28.2 Å². The van der Waals surface area contributed by atoms with E-state index in [1.54, 1.807) is 0 Å². The van der Waals surface area contributed by atoms with Gasteiger partial charge in [-0.2, -0.15) is 0 Å². The fourth-order valence-corrected chi connectivity index (χ4v) is 20.8. The normalized spacial score (nSPS) is 11.2. The average molecular weight is 1880 g/mol. The van der Waals surface area contributed by atoms with Gasteiger partial charge in [0.1, 0.15) is 16.9 Å². The van der Waals surface area contributed by atoms with Crippen molar-refractivity contribution in [2.24, 2.45) is 0 Å². The predicted octanol–water partition coefficient (Wildman–Crippen LogP) is 36.1. The van der Waals surface area contributed by atoms with E-state index < -0.39 is 0 Å². The maximum Gasteiger partial charge on any atom is 0.137 e. The number of benzene rings is 15. The average Bonchev–Trinajstić information content (AvgIpc) is 1.00. The number of hydrogen-bond donors (Lipinski definition) is 0. The lowest BCUT2D eigenvalue weighted by atomic mass is 9.88. The van der Waals surface area contributed by atoms with Gasteiger partial charge in [0.25, 0.3) is 0 Å². The Labute approximate surface area is 851 Å². The zero-order chi connectivity index (χ0) is 99.6. The summed E-state index contributed by atoms with van der Waals surface area (Å²) in [7, 11) is 0. The Morgan fingerprint density at radius 2 is 0.473 bits per heavy atom. The van der Waals surface area contributed by atoms with E-state index in [0.717, 1.165) is 257 Å². The minimum absolute atomic E-state index is 0.923. The maximum absolute atomic E-state index is 5.09. The Bertz CT molecular complexity index is 9240. The first kappa shape index (κ1) is 92.1. The lowest BCUT2D eigenvalue weighted by molar-refractivity contribution is 1.12. The van der Waals surface area contributed by atoms with Crippen molar-refractivity contribution in [1.82, 2.24) is 43.1 Å². The molecule has 0 aliphatic heterocycles. The van der Waals surface area contributed by atoms with E-state index >= 15 is 0 Å². The summed E-state index contributed by atoms with van der Waals surface area (Å²) >= 11 is 0. The molecule has 9 heterocycles. The van der Waals surface area contributed by atoms with Gasteiger partial charge in [0.15, 0.2) is 0 Å². The van der Waals surface area contributed by atoms with Crippen molar-refractivity contribution in [3.8, 4) is 168 Å². The molecule has 0 bridgehead atoms. The van der Waals surface area contributed by atoms with Crippen molar-refractivity contribution in [1.29, 1.82) is 0 Å². The number of imidazole rings is 3. The molecule has 0 atom stereocenters. The highest BCUT2D eigenvalue weighted by Gasteiger charge is 2.25. The number of aryl methyl sites for hydroxylation is 5. The molecule has 696 valence electrons. The molecule has 0 saturated carbocycles. The molecule has 0 N–H and O–H groups in total. The number of hydrogen-bond acceptors (Lipinski definition) is 6. The van der Waals surface area contributed by atoms with Gasteiger partial charge in [0.2, 0.25) is 0 Å².